The van der Waals surface area contributed by atoms with E-state index in [1.165, 1.54) is 5.75 Å². The molecule has 0 unspecified atom stereocenters. The Balaban J connectivity index is 2.10. The fourth-order valence-electron chi connectivity index (χ4n) is 1.68. The van der Waals surface area contributed by atoms with Crippen molar-refractivity contribution >= 4 is 39.8 Å². The highest BCUT2D eigenvalue weighted by atomic mass is 35.5. The highest BCUT2D eigenvalue weighted by Crippen LogP contribution is 2.33. The Morgan fingerprint density at radius 1 is 1.60 bits per heavy atom. The number of halogens is 1. The Labute approximate surface area is 104 Å². The zero-order valence-corrected chi connectivity index (χ0v) is 11.4. The van der Waals surface area contributed by atoms with Gasteiger partial charge in [-0.3, -0.25) is 0 Å². The van der Waals surface area contributed by atoms with E-state index in [0.717, 1.165) is 23.9 Å². The first-order valence-corrected chi connectivity index (χ1v) is 7.40. The molecule has 0 aliphatic carbocycles. The first kappa shape index (κ1) is 11.6. The van der Waals surface area contributed by atoms with Crippen LogP contribution in [0.4, 0.5) is 5.13 Å². The van der Waals surface area contributed by atoms with E-state index in [9.17, 15) is 0 Å². The molecular weight excluding hydrogens is 248 g/mol. The number of thioether (sulfide) groups is 1. The number of anilines is 1. The molecule has 15 heavy (non-hydrogen) atoms. The maximum Gasteiger partial charge on any atom is 0.185 e. The number of hydrogen-bond acceptors (Lipinski definition) is 4. The van der Waals surface area contributed by atoms with Crippen LogP contribution in [0.1, 0.15) is 19.5 Å². The molecule has 2 nitrogen and oxygen atoms in total. The van der Waals surface area contributed by atoms with Crippen LogP contribution in [0, 0.1) is 0 Å². The molecule has 0 N–H and O–H groups in total. The van der Waals surface area contributed by atoms with Gasteiger partial charge >= 0.3 is 0 Å². The van der Waals surface area contributed by atoms with Gasteiger partial charge in [-0.2, -0.15) is 11.8 Å². The standard InChI is InChI=1S/C10H15ClN2S2/c1-10(2)7-13(3-4-15-10)9-12-8(5-11)6-14-9/h6H,3-5,7H2,1-2H3. The lowest BCUT2D eigenvalue weighted by atomic mass is 10.2. The lowest BCUT2D eigenvalue weighted by Crippen LogP contribution is -2.43. The number of hydrogen-bond donors (Lipinski definition) is 0. The fourth-order valence-corrected chi connectivity index (χ4v) is 3.87. The van der Waals surface area contributed by atoms with Gasteiger partial charge in [-0.05, 0) is 13.8 Å². The first-order chi connectivity index (χ1) is 7.11. The molecule has 2 rings (SSSR count). The zero-order chi connectivity index (χ0) is 10.9. The zero-order valence-electron chi connectivity index (χ0n) is 8.99. The molecule has 1 aliphatic heterocycles. The Morgan fingerprint density at radius 2 is 2.40 bits per heavy atom. The molecule has 1 fully saturated rings. The number of aromatic nitrogens is 1. The van der Waals surface area contributed by atoms with Crippen LogP contribution in [0.2, 0.25) is 0 Å². The van der Waals surface area contributed by atoms with Crippen molar-refractivity contribution in [3.05, 3.63) is 11.1 Å². The van der Waals surface area contributed by atoms with Gasteiger partial charge in [-0.25, -0.2) is 4.98 Å². The third-order valence-corrected chi connectivity index (χ3v) is 4.89. The molecule has 0 amide bonds. The summed E-state index contributed by atoms with van der Waals surface area (Å²) in [6.45, 7) is 6.76. The summed E-state index contributed by atoms with van der Waals surface area (Å²) in [5, 5.41) is 3.18. The molecule has 0 atom stereocenters. The summed E-state index contributed by atoms with van der Waals surface area (Å²) in [6, 6.07) is 0. The van der Waals surface area contributed by atoms with E-state index in [-0.39, 0.29) is 0 Å². The van der Waals surface area contributed by atoms with Gasteiger partial charge in [0, 0.05) is 29.0 Å². The van der Waals surface area contributed by atoms with Crippen LogP contribution in [0.3, 0.4) is 0 Å². The molecule has 1 saturated heterocycles. The van der Waals surface area contributed by atoms with Crippen LogP contribution < -0.4 is 4.90 Å². The molecule has 2 heterocycles. The molecular formula is C10H15ClN2S2. The summed E-state index contributed by atoms with van der Waals surface area (Å²) < 4.78 is 0.338. The fraction of sp³-hybridized carbons (Fsp3) is 0.700. The first-order valence-electron chi connectivity index (χ1n) is 5.00. The Hall–Kier alpha value is 0.0700. The Kier molecular flexibility index (Phi) is 3.48. The minimum absolute atomic E-state index is 0.338. The molecule has 1 aromatic rings. The number of thiazole rings is 1. The van der Waals surface area contributed by atoms with Crippen molar-refractivity contribution in [3.8, 4) is 0 Å². The average Bonchev–Trinajstić information content (AvgIpc) is 2.64. The summed E-state index contributed by atoms with van der Waals surface area (Å²) in [5.41, 5.74) is 0.993. The van der Waals surface area contributed by atoms with E-state index >= 15 is 0 Å². The monoisotopic (exact) mass is 262 g/mol. The Morgan fingerprint density at radius 3 is 3.00 bits per heavy atom. The van der Waals surface area contributed by atoms with Crippen LogP contribution in [0.5, 0.6) is 0 Å². The largest absolute Gasteiger partial charge is 0.346 e. The van der Waals surface area contributed by atoms with Gasteiger partial charge in [0.15, 0.2) is 5.13 Å². The van der Waals surface area contributed by atoms with Crippen molar-refractivity contribution in [2.24, 2.45) is 0 Å². The SMILES string of the molecule is CC1(C)CN(c2nc(CCl)cs2)CCS1. The molecule has 0 aromatic carbocycles. The average molecular weight is 263 g/mol. The molecule has 0 saturated carbocycles. The normalized spacial score (nSPS) is 20.6. The lowest BCUT2D eigenvalue weighted by Gasteiger charge is -2.37. The van der Waals surface area contributed by atoms with Crippen LogP contribution in [-0.2, 0) is 5.88 Å². The van der Waals surface area contributed by atoms with Gasteiger partial charge in [-0.15, -0.1) is 22.9 Å². The van der Waals surface area contributed by atoms with Crippen molar-refractivity contribution in [1.82, 2.24) is 4.98 Å². The second-order valence-electron chi connectivity index (χ2n) is 4.28. The van der Waals surface area contributed by atoms with E-state index in [2.05, 4.69) is 29.1 Å². The van der Waals surface area contributed by atoms with Gasteiger partial charge in [0.1, 0.15) is 0 Å². The minimum atomic E-state index is 0.338. The quantitative estimate of drug-likeness (QED) is 0.762. The second-order valence-corrected chi connectivity index (χ2v) is 7.19. The van der Waals surface area contributed by atoms with E-state index in [1.807, 2.05) is 11.8 Å². The highest BCUT2D eigenvalue weighted by molar-refractivity contribution is 8.00. The maximum atomic E-state index is 5.76. The van der Waals surface area contributed by atoms with Crippen LogP contribution in [0.25, 0.3) is 0 Å². The van der Waals surface area contributed by atoms with Crippen LogP contribution >= 0.6 is 34.7 Å². The van der Waals surface area contributed by atoms with E-state index < -0.39 is 0 Å². The lowest BCUT2D eigenvalue weighted by molar-refractivity contribution is 0.646. The van der Waals surface area contributed by atoms with Gasteiger partial charge < -0.3 is 4.90 Å². The minimum Gasteiger partial charge on any atom is -0.346 e. The molecule has 5 heteroatoms. The third kappa shape index (κ3) is 2.80. The maximum absolute atomic E-state index is 5.76. The molecule has 0 radical (unpaired) electrons. The summed E-state index contributed by atoms with van der Waals surface area (Å²) in [7, 11) is 0. The van der Waals surface area contributed by atoms with Crippen LogP contribution in [0.15, 0.2) is 5.38 Å². The van der Waals surface area contributed by atoms with Gasteiger partial charge in [0.05, 0.1) is 11.6 Å². The molecule has 84 valence electrons. The van der Waals surface area contributed by atoms with Crippen molar-refractivity contribution in [1.29, 1.82) is 0 Å². The summed E-state index contributed by atoms with van der Waals surface area (Å²) in [6.07, 6.45) is 0. The van der Waals surface area contributed by atoms with E-state index in [0.29, 0.717) is 10.6 Å². The molecule has 0 bridgehead atoms. The second kappa shape index (κ2) is 4.52. The van der Waals surface area contributed by atoms with Crippen molar-refractivity contribution in [2.75, 3.05) is 23.7 Å². The van der Waals surface area contributed by atoms with Crippen molar-refractivity contribution in [2.45, 2.75) is 24.5 Å². The van der Waals surface area contributed by atoms with E-state index in [4.69, 9.17) is 11.6 Å². The molecule has 1 aromatic heterocycles. The summed E-state index contributed by atoms with van der Waals surface area (Å²) >= 11 is 9.50. The van der Waals surface area contributed by atoms with Gasteiger partial charge in [-0.1, -0.05) is 0 Å². The molecule has 0 spiro atoms. The third-order valence-electron chi connectivity index (χ3n) is 2.37. The number of alkyl halides is 1. The topological polar surface area (TPSA) is 16.1 Å². The van der Waals surface area contributed by atoms with Crippen molar-refractivity contribution in [3.63, 3.8) is 0 Å². The van der Waals surface area contributed by atoms with Gasteiger partial charge in [0.25, 0.3) is 0 Å². The highest BCUT2D eigenvalue weighted by Gasteiger charge is 2.28. The van der Waals surface area contributed by atoms with Crippen molar-refractivity contribution < 1.29 is 0 Å². The molecule has 1 aliphatic rings. The van der Waals surface area contributed by atoms with E-state index in [1.54, 1.807) is 11.3 Å². The smallest absolute Gasteiger partial charge is 0.185 e. The predicted molar refractivity (Wildman–Crippen MR) is 70.4 cm³/mol. The summed E-state index contributed by atoms with van der Waals surface area (Å²) in [4.78, 5) is 6.89. The van der Waals surface area contributed by atoms with Gasteiger partial charge in [0.2, 0.25) is 0 Å². The Bertz CT molecular complexity index is 338. The summed E-state index contributed by atoms with van der Waals surface area (Å²) in [5.74, 6) is 1.70. The number of rotatable bonds is 2. The number of nitrogens with zero attached hydrogens (tertiary/aromatic N) is 2. The van der Waals surface area contributed by atoms with Crippen LogP contribution in [-0.4, -0.2) is 28.6 Å². The predicted octanol–water partition coefficient (Wildman–Crippen LogP) is 3.21.